The average molecular weight is 210 g/mol. The molecule has 2 nitrogen and oxygen atoms in total. The maximum atomic E-state index is 10.9. The van der Waals surface area contributed by atoms with Crippen molar-refractivity contribution in [2.75, 3.05) is 0 Å². The van der Waals surface area contributed by atoms with E-state index < -0.39 is 8.89 Å². The van der Waals surface area contributed by atoms with E-state index >= 15 is 0 Å². The van der Waals surface area contributed by atoms with Gasteiger partial charge in [0.1, 0.15) is 0 Å². The Morgan fingerprint density at radius 1 is 0.692 bits per heavy atom. The van der Waals surface area contributed by atoms with Gasteiger partial charge in [0.25, 0.3) is 0 Å². The summed E-state index contributed by atoms with van der Waals surface area (Å²) in [7, 11) is -3.88. The second-order valence-corrected chi connectivity index (χ2v) is 45.5. The summed E-state index contributed by atoms with van der Waals surface area (Å²) in [5.41, 5.74) is 0. The quantitative estimate of drug-likeness (QED) is 0.589. The predicted molar refractivity (Wildman–Crippen MR) is 39.9 cm³/mol. The van der Waals surface area contributed by atoms with Crippen LogP contribution in [-0.2, 0) is 8.89 Å². The monoisotopic (exact) mass is 210 g/mol. The van der Waals surface area contributed by atoms with E-state index in [1.807, 2.05) is 0 Å². The number of hydrogen-bond donors (Lipinski definition) is 2. The SMILES string of the molecule is O[C]12[CH]3[CH]4[CH]5[C]1(O)[Ti]43521678[CH]2[CH]1[CH]6[CH]7[CH]28. The summed E-state index contributed by atoms with van der Waals surface area (Å²) in [5, 5.41) is 21.8. The Hall–Kier alpha value is 0.634. The third kappa shape index (κ3) is 0.0276. The molecule has 0 aliphatic carbocycles. The van der Waals surface area contributed by atoms with Gasteiger partial charge in [0.2, 0.25) is 0 Å². The van der Waals surface area contributed by atoms with Crippen LogP contribution in [0.25, 0.3) is 0 Å². The van der Waals surface area contributed by atoms with Crippen molar-refractivity contribution in [2.45, 2.75) is 41.6 Å². The molecule has 4 unspecified atom stereocenters. The number of fused-ring (bicyclic) bond motifs is 10. The molecule has 0 bridgehead atoms. The molecule has 2 N–H and O–H groups in total. The third-order valence-corrected chi connectivity index (χ3v) is 79.4. The van der Waals surface area contributed by atoms with Gasteiger partial charge in [-0.25, -0.2) is 0 Å². The predicted octanol–water partition coefficient (Wildman–Crippen LogP) is 1.18. The van der Waals surface area contributed by atoms with E-state index in [4.69, 9.17) is 0 Å². The molecule has 10 fully saturated rings. The molecule has 1 spiro atoms. The summed E-state index contributed by atoms with van der Waals surface area (Å²) in [6.45, 7) is 0. The Balaban J connectivity index is 2.20. The van der Waals surface area contributed by atoms with Gasteiger partial charge in [-0.15, -0.1) is 0 Å². The molecule has 66 valence electrons. The summed E-state index contributed by atoms with van der Waals surface area (Å²) in [6.07, 6.45) is 0. The summed E-state index contributed by atoms with van der Waals surface area (Å²) >= 11 is 0. The van der Waals surface area contributed by atoms with Crippen LogP contribution in [0.2, 0.25) is 33.8 Å². The third-order valence-electron chi connectivity index (χ3n) is 20.3. The Morgan fingerprint density at radius 3 is 1.08 bits per heavy atom. The first-order valence-electron chi connectivity index (χ1n) is 6.42. The molecule has 0 aromatic carbocycles. The van der Waals surface area contributed by atoms with Crippen molar-refractivity contribution in [2.24, 2.45) is 0 Å². The zero-order chi connectivity index (χ0) is 7.94. The molecule has 0 amide bonds. The van der Waals surface area contributed by atoms with Crippen LogP contribution in [0.3, 0.4) is 0 Å². The van der Waals surface area contributed by atoms with Crippen molar-refractivity contribution >= 4 is 0 Å². The van der Waals surface area contributed by atoms with Crippen LogP contribution in [0.15, 0.2) is 0 Å². The molecule has 13 heavy (non-hydrogen) atoms. The van der Waals surface area contributed by atoms with Crippen molar-refractivity contribution in [3.05, 3.63) is 0 Å². The first-order valence-corrected chi connectivity index (χ1v) is 15.2. The van der Waals surface area contributed by atoms with Crippen LogP contribution < -0.4 is 0 Å². The van der Waals surface area contributed by atoms with E-state index in [-0.39, 0.29) is 7.81 Å². The fraction of sp³-hybridized carbons (Fsp3) is 1.00. The van der Waals surface area contributed by atoms with Crippen molar-refractivity contribution in [3.8, 4) is 0 Å². The van der Waals surface area contributed by atoms with Crippen LogP contribution in [-0.4, -0.2) is 18.0 Å². The first kappa shape index (κ1) is 4.25. The zero-order valence-electron chi connectivity index (χ0n) is 7.01. The average Bonchev–Trinajstić information content (AvgIpc) is 3.02. The van der Waals surface area contributed by atoms with Gasteiger partial charge in [0.15, 0.2) is 0 Å². The minimum atomic E-state index is -3.88. The molecule has 0 aromatic heterocycles. The van der Waals surface area contributed by atoms with Crippen LogP contribution in [0.5, 0.6) is 0 Å². The van der Waals surface area contributed by atoms with Gasteiger partial charge < -0.3 is 0 Å². The van der Waals surface area contributed by atoms with E-state index in [0.717, 1.165) is 33.8 Å². The van der Waals surface area contributed by atoms with Gasteiger partial charge >= 0.3 is 60.7 Å². The van der Waals surface area contributed by atoms with Crippen LogP contribution in [0, 0.1) is 0 Å². The van der Waals surface area contributed by atoms with E-state index in [1.54, 1.807) is 0 Å². The van der Waals surface area contributed by atoms with Crippen LogP contribution in [0.4, 0.5) is 0 Å². The standard InChI is InChI=1S/C5H5O2.C5H5.Ti/c6-4-2-1-3-5(4)7;1-2-4-5-3-1;/h1-3,6-7H;1-5H;. The molecular weight excluding hydrogens is 200 g/mol. The molecular formula is C10H10O2Ti. The second kappa shape index (κ2) is 0.257. The van der Waals surface area contributed by atoms with E-state index in [1.165, 1.54) is 0 Å². The van der Waals surface area contributed by atoms with Gasteiger partial charge in [-0.2, -0.15) is 0 Å². The van der Waals surface area contributed by atoms with Gasteiger partial charge in [0.05, 0.1) is 0 Å². The van der Waals surface area contributed by atoms with Crippen LogP contribution in [0.1, 0.15) is 0 Å². The molecule has 10 rings (SSSR count). The molecule has 4 atom stereocenters. The Bertz CT molecular complexity index is 822. The van der Waals surface area contributed by atoms with E-state index in [2.05, 4.69) is 0 Å². The normalized spacial score (nSPS) is 158. The van der Waals surface area contributed by atoms with Gasteiger partial charge in [0, 0.05) is 0 Å². The number of aliphatic hydroxyl groups is 2. The van der Waals surface area contributed by atoms with Gasteiger partial charge in [-0.1, -0.05) is 0 Å². The fourth-order valence-electron chi connectivity index (χ4n) is 23.7. The Labute approximate surface area is 60.8 Å². The number of rotatable bonds is 0. The van der Waals surface area contributed by atoms with E-state index in [0.29, 0.717) is 0 Å². The molecule has 0 saturated carbocycles. The Kier molecular flexibility index (Phi) is 0.0839. The van der Waals surface area contributed by atoms with Crippen molar-refractivity contribution < 1.29 is 19.1 Å². The summed E-state index contributed by atoms with van der Waals surface area (Å²) < 4.78 is 7.41. The van der Waals surface area contributed by atoms with Gasteiger partial charge in [-0.3, -0.25) is 0 Å². The molecule has 10 saturated heterocycles. The molecule has 0 radical (unpaired) electrons. The second-order valence-electron chi connectivity index (χ2n) is 12.7. The van der Waals surface area contributed by atoms with Crippen molar-refractivity contribution in [1.82, 2.24) is 0 Å². The van der Waals surface area contributed by atoms with Crippen molar-refractivity contribution in [1.29, 1.82) is 0 Å². The van der Waals surface area contributed by atoms with E-state index in [9.17, 15) is 10.2 Å². The Morgan fingerprint density at radius 2 is 1.08 bits per heavy atom. The zero-order valence-corrected chi connectivity index (χ0v) is 8.57. The van der Waals surface area contributed by atoms with Crippen molar-refractivity contribution in [3.63, 3.8) is 0 Å². The minimum absolute atomic E-state index is 0.288. The summed E-state index contributed by atoms with van der Waals surface area (Å²) in [6, 6.07) is 0. The molecule has 10 heterocycles. The molecule has 3 heteroatoms. The topological polar surface area (TPSA) is 40.5 Å². The fourth-order valence-corrected chi connectivity index (χ4v) is 141. The van der Waals surface area contributed by atoms with Gasteiger partial charge in [-0.05, 0) is 0 Å². The summed E-state index contributed by atoms with van der Waals surface area (Å²) in [5.74, 6) is 0. The number of hydrogen-bond acceptors (Lipinski definition) is 2. The molecule has 10 aliphatic heterocycles. The molecule has 0 aromatic rings. The summed E-state index contributed by atoms with van der Waals surface area (Å²) in [4.78, 5) is 0. The maximum absolute atomic E-state index is 10.9. The van der Waals surface area contributed by atoms with Crippen LogP contribution >= 0.6 is 0 Å². The molecule has 10 aliphatic rings. The first-order chi connectivity index (χ1) is 5.94.